The molecule has 0 unspecified atom stereocenters. The van der Waals surface area contributed by atoms with E-state index >= 15 is 0 Å². The quantitative estimate of drug-likeness (QED) is 0.280. The van der Waals surface area contributed by atoms with E-state index in [-0.39, 0.29) is 0 Å². The number of ether oxygens (including phenoxy) is 1. The Kier molecular flexibility index (Phi) is 5.06. The van der Waals surface area contributed by atoms with E-state index in [0.29, 0.717) is 18.9 Å². The van der Waals surface area contributed by atoms with Crippen molar-refractivity contribution in [1.82, 2.24) is 4.98 Å². The maximum absolute atomic E-state index is 8.56. The minimum Gasteiger partial charge on any atom is -0.487 e. The third-order valence-electron chi connectivity index (χ3n) is 4.57. The van der Waals surface area contributed by atoms with Crippen molar-refractivity contribution in [2.75, 3.05) is 0 Å². The second kappa shape index (κ2) is 7.96. The number of nitrogens with zero attached hydrogens (tertiary/aromatic N) is 2. The number of hydrogen-bond acceptors (Lipinski definition) is 5. The van der Waals surface area contributed by atoms with Gasteiger partial charge in [0.15, 0.2) is 0 Å². The van der Waals surface area contributed by atoms with Crippen molar-refractivity contribution in [1.29, 1.82) is 0 Å². The molecule has 4 aromatic rings. The summed E-state index contributed by atoms with van der Waals surface area (Å²) in [7, 11) is 0. The topological polar surface area (TPSA) is 67.9 Å². The van der Waals surface area contributed by atoms with Gasteiger partial charge >= 0.3 is 0 Å². The number of benzene rings is 3. The minimum atomic E-state index is 0.346. The number of aromatic nitrogens is 1. The van der Waals surface area contributed by atoms with Gasteiger partial charge in [-0.05, 0) is 47.5 Å². The highest BCUT2D eigenvalue weighted by molar-refractivity contribution is 5.85. The molecule has 0 aliphatic carbocycles. The average Bonchev–Trinajstić information content (AvgIpc) is 3.11. The molecule has 0 bridgehead atoms. The summed E-state index contributed by atoms with van der Waals surface area (Å²) < 4.78 is 11.7. The standard InChI is InChI=1S/C23H20N2O3/c1-16-22(25-23(28-16)18-5-3-2-4-6-18)15-27-21-10-9-19-13-17(11-12-24-26)7-8-20(19)14-21/h2-10,12-14,26H,11,15H2,1H3/b24-12+. The van der Waals surface area contributed by atoms with E-state index in [0.717, 1.165) is 39.1 Å². The van der Waals surface area contributed by atoms with Gasteiger partial charge in [0, 0.05) is 18.2 Å². The van der Waals surface area contributed by atoms with Gasteiger partial charge in [0.2, 0.25) is 5.89 Å². The Morgan fingerprint density at radius 1 is 1.04 bits per heavy atom. The second-order valence-corrected chi connectivity index (χ2v) is 6.52. The summed E-state index contributed by atoms with van der Waals surface area (Å²) in [6.45, 7) is 2.24. The summed E-state index contributed by atoms with van der Waals surface area (Å²) in [6.07, 6.45) is 2.07. The summed E-state index contributed by atoms with van der Waals surface area (Å²) in [5.41, 5.74) is 2.83. The molecule has 0 spiro atoms. The van der Waals surface area contributed by atoms with Crippen molar-refractivity contribution in [3.05, 3.63) is 83.7 Å². The van der Waals surface area contributed by atoms with Gasteiger partial charge in [-0.3, -0.25) is 0 Å². The molecule has 0 saturated carbocycles. The van der Waals surface area contributed by atoms with Gasteiger partial charge in [0.05, 0.1) is 0 Å². The zero-order valence-electron chi connectivity index (χ0n) is 15.5. The Labute approximate surface area is 162 Å². The van der Waals surface area contributed by atoms with E-state index in [2.05, 4.69) is 16.2 Å². The zero-order valence-corrected chi connectivity index (χ0v) is 15.5. The van der Waals surface area contributed by atoms with Crippen molar-refractivity contribution in [2.24, 2.45) is 5.16 Å². The Morgan fingerprint density at radius 2 is 1.82 bits per heavy atom. The zero-order chi connectivity index (χ0) is 19.3. The molecule has 1 aromatic heterocycles. The second-order valence-electron chi connectivity index (χ2n) is 6.52. The Bertz CT molecular complexity index is 1120. The number of oxazole rings is 1. The molecule has 4 rings (SSSR count). The van der Waals surface area contributed by atoms with Gasteiger partial charge in [-0.2, -0.15) is 0 Å². The van der Waals surface area contributed by atoms with Gasteiger partial charge in [-0.25, -0.2) is 4.98 Å². The SMILES string of the molecule is Cc1oc(-c2ccccc2)nc1COc1ccc2cc(C/C=N/O)ccc2c1. The molecule has 3 aromatic carbocycles. The Balaban J connectivity index is 1.49. The van der Waals surface area contributed by atoms with Crippen LogP contribution in [0.2, 0.25) is 0 Å². The normalized spacial score (nSPS) is 11.3. The molecular formula is C23H20N2O3. The molecule has 1 N–H and O–H groups in total. The molecule has 0 aliphatic heterocycles. The predicted molar refractivity (Wildman–Crippen MR) is 109 cm³/mol. The summed E-state index contributed by atoms with van der Waals surface area (Å²) >= 11 is 0. The molecule has 140 valence electrons. The van der Waals surface area contributed by atoms with Crippen LogP contribution in [0.1, 0.15) is 17.0 Å². The third kappa shape index (κ3) is 3.88. The van der Waals surface area contributed by atoms with Crippen molar-refractivity contribution >= 4 is 17.0 Å². The number of hydrogen-bond donors (Lipinski definition) is 1. The lowest BCUT2D eigenvalue weighted by Crippen LogP contribution is -1.97. The van der Waals surface area contributed by atoms with Crippen LogP contribution in [-0.4, -0.2) is 16.4 Å². The molecule has 0 atom stereocenters. The largest absolute Gasteiger partial charge is 0.487 e. The van der Waals surface area contributed by atoms with Crippen LogP contribution < -0.4 is 4.74 Å². The van der Waals surface area contributed by atoms with E-state index in [1.165, 1.54) is 6.21 Å². The average molecular weight is 372 g/mol. The monoisotopic (exact) mass is 372 g/mol. The molecule has 1 heterocycles. The van der Waals surface area contributed by atoms with Crippen molar-refractivity contribution in [3.63, 3.8) is 0 Å². The highest BCUT2D eigenvalue weighted by atomic mass is 16.5. The van der Waals surface area contributed by atoms with Crippen LogP contribution in [0.5, 0.6) is 5.75 Å². The van der Waals surface area contributed by atoms with E-state index in [1.54, 1.807) is 0 Å². The van der Waals surface area contributed by atoms with Crippen molar-refractivity contribution in [3.8, 4) is 17.2 Å². The fourth-order valence-corrected chi connectivity index (χ4v) is 3.05. The first-order valence-electron chi connectivity index (χ1n) is 9.06. The molecular weight excluding hydrogens is 352 g/mol. The summed E-state index contributed by atoms with van der Waals surface area (Å²) in [5, 5.41) is 13.8. The Hall–Kier alpha value is -3.60. The number of fused-ring (bicyclic) bond motifs is 1. The lowest BCUT2D eigenvalue weighted by atomic mass is 10.1. The van der Waals surface area contributed by atoms with Crippen LogP contribution in [0, 0.1) is 6.92 Å². The van der Waals surface area contributed by atoms with Gasteiger partial charge in [0.25, 0.3) is 0 Å². The summed E-state index contributed by atoms with van der Waals surface area (Å²) in [4.78, 5) is 4.57. The highest BCUT2D eigenvalue weighted by Crippen LogP contribution is 2.25. The molecule has 5 nitrogen and oxygen atoms in total. The molecule has 0 amide bonds. The number of aryl methyl sites for hydroxylation is 1. The van der Waals surface area contributed by atoms with Crippen LogP contribution >= 0.6 is 0 Å². The van der Waals surface area contributed by atoms with E-state index in [1.807, 2.05) is 67.6 Å². The molecule has 0 fully saturated rings. The lowest BCUT2D eigenvalue weighted by Gasteiger charge is -2.07. The van der Waals surface area contributed by atoms with E-state index in [9.17, 15) is 0 Å². The van der Waals surface area contributed by atoms with Gasteiger partial charge in [0.1, 0.15) is 23.8 Å². The maximum atomic E-state index is 8.56. The van der Waals surface area contributed by atoms with Gasteiger partial charge in [-0.15, -0.1) is 5.16 Å². The first-order valence-corrected chi connectivity index (χ1v) is 9.06. The van der Waals surface area contributed by atoms with E-state index in [4.69, 9.17) is 14.4 Å². The van der Waals surface area contributed by atoms with Gasteiger partial charge < -0.3 is 14.4 Å². The van der Waals surface area contributed by atoms with Crippen LogP contribution in [0.4, 0.5) is 0 Å². The van der Waals surface area contributed by atoms with Crippen molar-refractivity contribution < 1.29 is 14.4 Å². The predicted octanol–water partition coefficient (Wildman–Crippen LogP) is 5.38. The van der Waals surface area contributed by atoms with E-state index < -0.39 is 0 Å². The molecule has 0 aliphatic rings. The molecule has 0 radical (unpaired) electrons. The molecule has 0 saturated heterocycles. The van der Waals surface area contributed by atoms with Gasteiger partial charge in [-0.1, -0.05) is 42.5 Å². The summed E-state index contributed by atoms with van der Waals surface area (Å²) in [6, 6.07) is 21.9. The first-order chi connectivity index (χ1) is 13.7. The third-order valence-corrected chi connectivity index (χ3v) is 4.57. The lowest BCUT2D eigenvalue weighted by molar-refractivity contribution is 0.300. The molecule has 28 heavy (non-hydrogen) atoms. The minimum absolute atomic E-state index is 0.346. The van der Waals surface area contributed by atoms with Crippen LogP contribution in [0.3, 0.4) is 0 Å². The fourth-order valence-electron chi connectivity index (χ4n) is 3.05. The maximum Gasteiger partial charge on any atom is 0.226 e. The molecule has 5 heteroatoms. The van der Waals surface area contributed by atoms with Crippen LogP contribution in [0.15, 0.2) is 76.3 Å². The number of rotatable bonds is 6. The van der Waals surface area contributed by atoms with Crippen molar-refractivity contribution in [2.45, 2.75) is 20.0 Å². The number of oxime groups is 1. The smallest absolute Gasteiger partial charge is 0.226 e. The fraction of sp³-hybridized carbons (Fsp3) is 0.130. The Morgan fingerprint density at radius 3 is 2.64 bits per heavy atom. The van der Waals surface area contributed by atoms with Crippen LogP contribution in [0.25, 0.3) is 22.2 Å². The summed E-state index contributed by atoms with van der Waals surface area (Å²) in [5.74, 6) is 2.14. The first kappa shape index (κ1) is 17.8. The highest BCUT2D eigenvalue weighted by Gasteiger charge is 2.12. The van der Waals surface area contributed by atoms with Crippen LogP contribution in [-0.2, 0) is 13.0 Å².